The summed E-state index contributed by atoms with van der Waals surface area (Å²) in [6, 6.07) is 0. The van der Waals surface area contributed by atoms with Crippen molar-refractivity contribution in [2.24, 2.45) is 0 Å². The van der Waals surface area contributed by atoms with Crippen molar-refractivity contribution in [1.82, 2.24) is 4.90 Å². The van der Waals surface area contributed by atoms with Gasteiger partial charge in [0.05, 0.1) is 6.61 Å². The Morgan fingerprint density at radius 3 is 2.72 bits per heavy atom. The lowest BCUT2D eigenvalue weighted by Gasteiger charge is -2.34. The summed E-state index contributed by atoms with van der Waals surface area (Å²) in [5.41, 5.74) is -1.22. The lowest BCUT2D eigenvalue weighted by Crippen LogP contribution is -2.56. The second kappa shape index (κ2) is 6.70. The van der Waals surface area contributed by atoms with Gasteiger partial charge in [-0.15, -0.1) is 0 Å². The molecule has 1 atom stereocenters. The molecule has 0 spiro atoms. The first-order chi connectivity index (χ1) is 8.58. The maximum absolute atomic E-state index is 12.0. The molecule has 1 rings (SSSR count). The van der Waals surface area contributed by atoms with Gasteiger partial charge in [-0.25, -0.2) is 4.79 Å². The standard InChI is InChI=1S/C12H21NO5/c1-3-7-18-8-10(14)13-6-4-5-12(13,9-17-2)11(15)16/h3-9H2,1-2H3,(H,15,16). The van der Waals surface area contributed by atoms with Crippen molar-refractivity contribution in [3.63, 3.8) is 0 Å². The molecule has 0 aromatic carbocycles. The molecule has 1 fully saturated rings. The molecule has 1 saturated heterocycles. The van der Waals surface area contributed by atoms with Crippen LogP contribution in [0.2, 0.25) is 0 Å². The molecule has 0 bridgehead atoms. The third-order valence-corrected chi connectivity index (χ3v) is 3.15. The smallest absolute Gasteiger partial charge is 0.332 e. The number of ether oxygens (including phenoxy) is 2. The molecule has 18 heavy (non-hydrogen) atoms. The summed E-state index contributed by atoms with van der Waals surface area (Å²) in [7, 11) is 1.44. The lowest BCUT2D eigenvalue weighted by atomic mass is 9.97. The number of methoxy groups -OCH3 is 1. The Hall–Kier alpha value is -1.14. The number of carboxylic acid groups (broad SMARTS) is 1. The van der Waals surface area contributed by atoms with E-state index >= 15 is 0 Å². The van der Waals surface area contributed by atoms with Crippen molar-refractivity contribution in [3.05, 3.63) is 0 Å². The summed E-state index contributed by atoms with van der Waals surface area (Å²) in [6.07, 6.45) is 1.93. The summed E-state index contributed by atoms with van der Waals surface area (Å²) in [4.78, 5) is 24.8. The molecule has 6 heteroatoms. The van der Waals surface area contributed by atoms with Crippen LogP contribution in [-0.4, -0.2) is 60.9 Å². The van der Waals surface area contributed by atoms with Crippen LogP contribution in [0.1, 0.15) is 26.2 Å². The predicted molar refractivity (Wildman–Crippen MR) is 64.3 cm³/mol. The number of hydrogen-bond donors (Lipinski definition) is 1. The minimum atomic E-state index is -1.22. The van der Waals surface area contributed by atoms with E-state index in [0.29, 0.717) is 26.0 Å². The molecular weight excluding hydrogens is 238 g/mol. The van der Waals surface area contributed by atoms with E-state index in [9.17, 15) is 14.7 Å². The summed E-state index contributed by atoms with van der Waals surface area (Å²) >= 11 is 0. The molecule has 0 saturated carbocycles. The van der Waals surface area contributed by atoms with Crippen LogP contribution >= 0.6 is 0 Å². The molecular formula is C12H21NO5. The first-order valence-electron chi connectivity index (χ1n) is 6.19. The van der Waals surface area contributed by atoms with Crippen molar-refractivity contribution in [3.8, 4) is 0 Å². The highest BCUT2D eigenvalue weighted by Crippen LogP contribution is 2.30. The minimum absolute atomic E-state index is 0.0157. The highest BCUT2D eigenvalue weighted by Gasteiger charge is 2.50. The van der Waals surface area contributed by atoms with Crippen molar-refractivity contribution in [1.29, 1.82) is 0 Å². The van der Waals surface area contributed by atoms with Gasteiger partial charge >= 0.3 is 5.97 Å². The van der Waals surface area contributed by atoms with Crippen LogP contribution in [0.3, 0.4) is 0 Å². The van der Waals surface area contributed by atoms with Gasteiger partial charge in [-0.1, -0.05) is 6.92 Å². The van der Waals surface area contributed by atoms with Gasteiger partial charge in [0, 0.05) is 20.3 Å². The largest absolute Gasteiger partial charge is 0.479 e. The van der Waals surface area contributed by atoms with Crippen LogP contribution in [0, 0.1) is 0 Å². The number of aliphatic carboxylic acids is 1. The zero-order valence-electron chi connectivity index (χ0n) is 11.0. The van der Waals surface area contributed by atoms with Gasteiger partial charge in [0.2, 0.25) is 5.91 Å². The summed E-state index contributed by atoms with van der Waals surface area (Å²) in [6.45, 7) is 2.86. The number of hydrogen-bond acceptors (Lipinski definition) is 4. The predicted octanol–water partition coefficient (Wildman–Crippen LogP) is 0.505. The molecule has 104 valence electrons. The number of rotatable bonds is 7. The zero-order valence-corrected chi connectivity index (χ0v) is 11.0. The molecule has 6 nitrogen and oxygen atoms in total. The number of amides is 1. The third kappa shape index (κ3) is 3.00. The Morgan fingerprint density at radius 1 is 1.44 bits per heavy atom. The summed E-state index contributed by atoms with van der Waals surface area (Å²) < 4.78 is 10.2. The normalized spacial score (nSPS) is 23.3. The maximum atomic E-state index is 12.0. The average molecular weight is 259 g/mol. The molecule has 1 unspecified atom stereocenters. The lowest BCUT2D eigenvalue weighted by molar-refractivity contribution is -0.161. The van der Waals surface area contributed by atoms with Crippen molar-refractivity contribution in [2.45, 2.75) is 31.7 Å². The molecule has 1 aliphatic heterocycles. The average Bonchev–Trinajstić information content (AvgIpc) is 2.75. The SMILES string of the molecule is CCCOCC(=O)N1CCCC1(COC)C(=O)O. The summed E-state index contributed by atoms with van der Waals surface area (Å²) in [5.74, 6) is -1.29. The zero-order chi connectivity index (χ0) is 13.6. The van der Waals surface area contributed by atoms with Gasteiger partial charge in [-0.3, -0.25) is 4.79 Å². The third-order valence-electron chi connectivity index (χ3n) is 3.15. The first-order valence-corrected chi connectivity index (χ1v) is 6.19. The van der Waals surface area contributed by atoms with Crippen molar-refractivity contribution >= 4 is 11.9 Å². The van der Waals surface area contributed by atoms with Crippen molar-refractivity contribution in [2.75, 3.05) is 33.5 Å². The van der Waals surface area contributed by atoms with E-state index in [1.807, 2.05) is 6.92 Å². The molecule has 0 aromatic rings. The highest BCUT2D eigenvalue weighted by atomic mass is 16.5. The van der Waals surface area contributed by atoms with Gasteiger partial charge in [0.1, 0.15) is 6.61 Å². The van der Waals surface area contributed by atoms with Crippen LogP contribution < -0.4 is 0 Å². The van der Waals surface area contributed by atoms with Gasteiger partial charge in [0.25, 0.3) is 0 Å². The van der Waals surface area contributed by atoms with E-state index in [4.69, 9.17) is 9.47 Å². The Bertz CT molecular complexity index is 307. The Kier molecular flexibility index (Phi) is 5.55. The molecule has 1 amide bonds. The van der Waals surface area contributed by atoms with Gasteiger partial charge in [-0.05, 0) is 19.3 Å². The molecule has 0 aliphatic carbocycles. The molecule has 0 aromatic heterocycles. The monoisotopic (exact) mass is 259 g/mol. The van der Waals surface area contributed by atoms with Gasteiger partial charge < -0.3 is 19.5 Å². The highest BCUT2D eigenvalue weighted by molar-refractivity contribution is 5.88. The minimum Gasteiger partial charge on any atom is -0.479 e. The molecule has 1 aliphatic rings. The Labute approximate surface area is 107 Å². The van der Waals surface area contributed by atoms with Gasteiger partial charge in [0.15, 0.2) is 5.54 Å². The van der Waals surface area contributed by atoms with Crippen LogP contribution in [0.4, 0.5) is 0 Å². The molecule has 0 radical (unpaired) electrons. The number of carbonyl (C=O) groups is 2. The second-order valence-corrected chi connectivity index (χ2v) is 4.47. The van der Waals surface area contributed by atoms with E-state index in [1.54, 1.807) is 0 Å². The van der Waals surface area contributed by atoms with Crippen LogP contribution in [0.5, 0.6) is 0 Å². The van der Waals surface area contributed by atoms with E-state index < -0.39 is 11.5 Å². The summed E-state index contributed by atoms with van der Waals surface area (Å²) in [5, 5.41) is 9.37. The van der Waals surface area contributed by atoms with E-state index in [-0.39, 0.29) is 19.1 Å². The van der Waals surface area contributed by atoms with Crippen LogP contribution in [-0.2, 0) is 19.1 Å². The fourth-order valence-electron chi connectivity index (χ4n) is 2.30. The van der Waals surface area contributed by atoms with E-state index in [1.165, 1.54) is 12.0 Å². The topological polar surface area (TPSA) is 76.1 Å². The molecule has 1 N–H and O–H groups in total. The second-order valence-electron chi connectivity index (χ2n) is 4.47. The van der Waals surface area contributed by atoms with Crippen LogP contribution in [0.25, 0.3) is 0 Å². The fourth-order valence-corrected chi connectivity index (χ4v) is 2.30. The maximum Gasteiger partial charge on any atom is 0.332 e. The number of carbonyl (C=O) groups excluding carboxylic acids is 1. The Morgan fingerprint density at radius 2 is 2.17 bits per heavy atom. The fraction of sp³-hybridized carbons (Fsp3) is 0.833. The number of likely N-dealkylation sites (tertiary alicyclic amines) is 1. The number of carboxylic acids is 1. The van der Waals surface area contributed by atoms with Crippen LogP contribution in [0.15, 0.2) is 0 Å². The Balaban J connectivity index is 2.72. The van der Waals surface area contributed by atoms with Crippen molar-refractivity contribution < 1.29 is 24.2 Å². The number of nitrogens with zero attached hydrogens (tertiary/aromatic N) is 1. The molecule has 1 heterocycles. The van der Waals surface area contributed by atoms with Gasteiger partial charge in [-0.2, -0.15) is 0 Å². The quantitative estimate of drug-likeness (QED) is 0.674. The van der Waals surface area contributed by atoms with E-state index in [2.05, 4.69) is 0 Å². The van der Waals surface area contributed by atoms with E-state index in [0.717, 1.165) is 6.42 Å². The first kappa shape index (κ1) is 14.9.